The molecule has 8 heteroatoms. The van der Waals surface area contributed by atoms with Crippen LogP contribution in [-0.2, 0) is 20.1 Å². The van der Waals surface area contributed by atoms with Gasteiger partial charge in [-0.05, 0) is 37.6 Å². The number of amides is 1. The van der Waals surface area contributed by atoms with E-state index in [0.29, 0.717) is 24.5 Å². The van der Waals surface area contributed by atoms with E-state index in [-0.39, 0.29) is 5.91 Å². The molecule has 0 spiro atoms. The average molecular weight is 371 g/mol. The maximum absolute atomic E-state index is 12.8. The monoisotopic (exact) mass is 371 g/mol. The minimum absolute atomic E-state index is 0.0616. The van der Waals surface area contributed by atoms with Crippen molar-refractivity contribution in [2.75, 3.05) is 6.54 Å². The third-order valence-electron chi connectivity index (χ3n) is 4.69. The Bertz CT molecular complexity index is 941. The number of hydrogen-bond donors (Lipinski definition) is 1. The standard InChI is InChI=1S/C18H21N5O2S/c1-12-4-5-16(26-12)18(25)22-8-3-9-23-13(11-22)10-14(20-23)17(24)15-6-7-19-21(15)2/h4-7,10,17,24H,3,8-9,11H2,1-2H3. The van der Waals surface area contributed by atoms with Crippen molar-refractivity contribution in [1.29, 1.82) is 0 Å². The van der Waals surface area contributed by atoms with E-state index in [0.717, 1.165) is 28.4 Å². The van der Waals surface area contributed by atoms with E-state index in [1.165, 1.54) is 11.3 Å². The van der Waals surface area contributed by atoms with Crippen molar-refractivity contribution >= 4 is 17.2 Å². The lowest BCUT2D eigenvalue weighted by Crippen LogP contribution is -2.30. The SMILES string of the molecule is Cc1ccc(C(=O)N2CCCn3nc(C(O)c4ccnn4C)cc3C2)s1. The predicted octanol–water partition coefficient (Wildman–Crippen LogP) is 2.11. The summed E-state index contributed by atoms with van der Waals surface area (Å²) in [4.78, 5) is 16.6. The zero-order valence-corrected chi connectivity index (χ0v) is 15.6. The molecule has 0 saturated heterocycles. The summed E-state index contributed by atoms with van der Waals surface area (Å²) in [6, 6.07) is 7.54. The second kappa shape index (κ2) is 6.69. The van der Waals surface area contributed by atoms with Crippen LogP contribution in [0.15, 0.2) is 30.5 Å². The lowest BCUT2D eigenvalue weighted by Gasteiger charge is -2.19. The highest BCUT2D eigenvalue weighted by Gasteiger charge is 2.25. The fourth-order valence-corrected chi connectivity index (χ4v) is 4.14. The predicted molar refractivity (Wildman–Crippen MR) is 97.9 cm³/mol. The summed E-state index contributed by atoms with van der Waals surface area (Å²) in [5.41, 5.74) is 2.23. The molecule has 136 valence electrons. The van der Waals surface area contributed by atoms with Gasteiger partial charge in [-0.2, -0.15) is 10.2 Å². The van der Waals surface area contributed by atoms with Crippen LogP contribution in [0.5, 0.6) is 0 Å². The largest absolute Gasteiger partial charge is 0.380 e. The van der Waals surface area contributed by atoms with E-state index in [4.69, 9.17) is 0 Å². The van der Waals surface area contributed by atoms with Crippen molar-refractivity contribution in [1.82, 2.24) is 24.5 Å². The van der Waals surface area contributed by atoms with Gasteiger partial charge in [0.05, 0.1) is 28.5 Å². The topological polar surface area (TPSA) is 76.2 Å². The lowest BCUT2D eigenvalue weighted by molar-refractivity contribution is 0.0750. The van der Waals surface area contributed by atoms with Crippen molar-refractivity contribution in [2.45, 2.75) is 32.5 Å². The molecule has 26 heavy (non-hydrogen) atoms. The number of carbonyl (C=O) groups excluding carboxylic acids is 1. The van der Waals surface area contributed by atoms with E-state index >= 15 is 0 Å². The third-order valence-corrected chi connectivity index (χ3v) is 5.68. The maximum atomic E-state index is 12.8. The number of aromatic nitrogens is 4. The molecule has 0 bridgehead atoms. The number of carbonyl (C=O) groups is 1. The van der Waals surface area contributed by atoms with Gasteiger partial charge >= 0.3 is 0 Å². The van der Waals surface area contributed by atoms with Gasteiger partial charge < -0.3 is 10.0 Å². The number of hydrogen-bond acceptors (Lipinski definition) is 5. The Labute approximate surface area is 155 Å². The molecule has 4 heterocycles. The van der Waals surface area contributed by atoms with Gasteiger partial charge in [-0.1, -0.05) is 0 Å². The molecule has 1 unspecified atom stereocenters. The van der Waals surface area contributed by atoms with E-state index in [2.05, 4.69) is 10.2 Å². The molecule has 1 N–H and O–H groups in total. The number of rotatable bonds is 3. The number of aryl methyl sites for hydroxylation is 3. The molecular formula is C18H21N5O2S. The fourth-order valence-electron chi connectivity index (χ4n) is 3.30. The quantitative estimate of drug-likeness (QED) is 0.765. The highest BCUT2D eigenvalue weighted by molar-refractivity contribution is 7.13. The summed E-state index contributed by atoms with van der Waals surface area (Å²) >= 11 is 1.52. The highest BCUT2D eigenvalue weighted by atomic mass is 32.1. The van der Waals surface area contributed by atoms with Crippen LogP contribution in [0.1, 0.15) is 44.2 Å². The minimum atomic E-state index is -0.828. The lowest BCUT2D eigenvalue weighted by atomic mass is 10.2. The zero-order valence-electron chi connectivity index (χ0n) is 14.8. The normalized spacial score (nSPS) is 15.6. The van der Waals surface area contributed by atoms with Gasteiger partial charge in [0, 0.05) is 31.2 Å². The van der Waals surface area contributed by atoms with Gasteiger partial charge in [0.1, 0.15) is 6.10 Å². The molecule has 0 fully saturated rings. The van der Waals surface area contributed by atoms with Crippen molar-refractivity contribution in [3.05, 3.63) is 57.3 Å². The van der Waals surface area contributed by atoms with Crippen LogP contribution in [0.3, 0.4) is 0 Å². The third kappa shape index (κ3) is 3.06. The van der Waals surface area contributed by atoms with Crippen molar-refractivity contribution in [2.24, 2.45) is 7.05 Å². The summed E-state index contributed by atoms with van der Waals surface area (Å²) < 4.78 is 3.55. The number of aliphatic hydroxyl groups excluding tert-OH is 1. The Kier molecular flexibility index (Phi) is 4.37. The summed E-state index contributed by atoms with van der Waals surface area (Å²) in [5.74, 6) is 0.0616. The van der Waals surface area contributed by atoms with Crippen molar-refractivity contribution < 1.29 is 9.90 Å². The summed E-state index contributed by atoms with van der Waals surface area (Å²) in [6.45, 7) is 3.95. The number of nitrogens with zero attached hydrogens (tertiary/aromatic N) is 5. The zero-order chi connectivity index (χ0) is 18.3. The molecular weight excluding hydrogens is 350 g/mol. The minimum Gasteiger partial charge on any atom is -0.380 e. The van der Waals surface area contributed by atoms with E-state index in [9.17, 15) is 9.90 Å². The van der Waals surface area contributed by atoms with Crippen molar-refractivity contribution in [3.63, 3.8) is 0 Å². The average Bonchev–Trinajstić information content (AvgIpc) is 3.31. The van der Waals surface area contributed by atoms with Crippen LogP contribution in [0.4, 0.5) is 0 Å². The summed E-state index contributed by atoms with van der Waals surface area (Å²) in [5, 5.41) is 19.3. The van der Waals surface area contributed by atoms with Gasteiger partial charge in [0.2, 0.25) is 0 Å². The molecule has 1 atom stereocenters. The van der Waals surface area contributed by atoms with E-state index < -0.39 is 6.10 Å². The maximum Gasteiger partial charge on any atom is 0.264 e. The van der Waals surface area contributed by atoms with Crippen LogP contribution in [-0.4, -0.2) is 42.0 Å². The molecule has 1 aliphatic heterocycles. The molecule has 0 aliphatic carbocycles. The Hall–Kier alpha value is -2.45. The van der Waals surface area contributed by atoms with Gasteiger partial charge in [-0.25, -0.2) is 0 Å². The molecule has 3 aromatic rings. The molecule has 1 amide bonds. The van der Waals surface area contributed by atoms with Gasteiger partial charge in [-0.15, -0.1) is 11.3 Å². The Morgan fingerprint density at radius 2 is 2.15 bits per heavy atom. The highest BCUT2D eigenvalue weighted by Crippen LogP contribution is 2.24. The first-order chi connectivity index (χ1) is 12.5. The molecule has 0 radical (unpaired) electrons. The molecule has 3 aromatic heterocycles. The van der Waals surface area contributed by atoms with Gasteiger partial charge in [-0.3, -0.25) is 14.2 Å². The molecule has 7 nitrogen and oxygen atoms in total. The Morgan fingerprint density at radius 1 is 1.31 bits per heavy atom. The molecule has 0 saturated carbocycles. The first-order valence-electron chi connectivity index (χ1n) is 8.61. The van der Waals surface area contributed by atoms with Crippen molar-refractivity contribution in [3.8, 4) is 0 Å². The van der Waals surface area contributed by atoms with Crippen LogP contribution in [0.2, 0.25) is 0 Å². The Morgan fingerprint density at radius 3 is 2.85 bits per heavy atom. The molecule has 4 rings (SSSR count). The van der Waals surface area contributed by atoms with Gasteiger partial charge in [0.15, 0.2) is 0 Å². The van der Waals surface area contributed by atoms with Gasteiger partial charge in [0.25, 0.3) is 5.91 Å². The smallest absolute Gasteiger partial charge is 0.264 e. The number of aliphatic hydroxyl groups is 1. The second-order valence-corrected chi connectivity index (χ2v) is 7.84. The number of fused-ring (bicyclic) bond motifs is 1. The first-order valence-corrected chi connectivity index (χ1v) is 9.43. The van der Waals surface area contributed by atoms with Crippen LogP contribution in [0, 0.1) is 6.92 Å². The van der Waals surface area contributed by atoms with Crippen LogP contribution in [0.25, 0.3) is 0 Å². The summed E-state index contributed by atoms with van der Waals surface area (Å²) in [7, 11) is 1.79. The molecule has 0 aromatic carbocycles. The van der Waals surface area contributed by atoms with Crippen LogP contribution < -0.4 is 0 Å². The van der Waals surface area contributed by atoms with Crippen LogP contribution >= 0.6 is 11.3 Å². The number of thiophene rings is 1. The van der Waals surface area contributed by atoms with E-state index in [1.54, 1.807) is 24.0 Å². The Balaban J connectivity index is 1.58. The second-order valence-electron chi connectivity index (χ2n) is 6.56. The van der Waals surface area contributed by atoms with E-state index in [1.807, 2.05) is 34.7 Å². The summed E-state index contributed by atoms with van der Waals surface area (Å²) in [6.07, 6.45) is 1.67. The molecule has 1 aliphatic rings. The fraction of sp³-hybridized carbons (Fsp3) is 0.389. The first kappa shape index (κ1) is 17.0.